The molecule has 0 aromatic rings. The lowest BCUT2D eigenvalue weighted by atomic mass is 10.1. The molecule has 2 saturated heterocycles. The SMILES string of the molecule is C1CCN(C2CCNCC2)C1.Cl.Cl. The molecule has 0 aromatic carbocycles. The first-order valence-corrected chi connectivity index (χ1v) is 4.91. The van der Waals surface area contributed by atoms with Crippen LogP contribution >= 0.6 is 24.8 Å². The van der Waals surface area contributed by atoms with Gasteiger partial charge in [-0.1, -0.05) is 0 Å². The van der Waals surface area contributed by atoms with E-state index in [0.717, 1.165) is 6.04 Å². The van der Waals surface area contributed by atoms with Gasteiger partial charge in [0, 0.05) is 6.04 Å². The monoisotopic (exact) mass is 226 g/mol. The van der Waals surface area contributed by atoms with Crippen molar-refractivity contribution in [3.8, 4) is 0 Å². The van der Waals surface area contributed by atoms with Crippen molar-refractivity contribution in [2.24, 2.45) is 0 Å². The van der Waals surface area contributed by atoms with Gasteiger partial charge in [-0.3, -0.25) is 0 Å². The van der Waals surface area contributed by atoms with Crippen LogP contribution in [0.3, 0.4) is 0 Å². The summed E-state index contributed by atoms with van der Waals surface area (Å²) in [7, 11) is 0. The topological polar surface area (TPSA) is 15.3 Å². The Kier molecular flexibility index (Phi) is 7.15. The predicted octanol–water partition coefficient (Wildman–Crippen LogP) is 1.68. The van der Waals surface area contributed by atoms with E-state index in [9.17, 15) is 0 Å². The zero-order valence-electron chi connectivity index (χ0n) is 8.00. The molecule has 80 valence electrons. The van der Waals surface area contributed by atoms with Crippen LogP contribution < -0.4 is 5.32 Å². The number of likely N-dealkylation sites (tertiary alicyclic amines) is 1. The Morgan fingerprint density at radius 2 is 1.46 bits per heavy atom. The third-order valence-corrected chi connectivity index (χ3v) is 2.97. The lowest BCUT2D eigenvalue weighted by Gasteiger charge is -2.31. The Balaban J connectivity index is 0.000000720. The number of hydrogen-bond acceptors (Lipinski definition) is 2. The van der Waals surface area contributed by atoms with Gasteiger partial charge in [-0.2, -0.15) is 0 Å². The molecule has 0 unspecified atom stereocenters. The van der Waals surface area contributed by atoms with E-state index in [4.69, 9.17) is 0 Å². The second-order valence-corrected chi connectivity index (χ2v) is 3.72. The fraction of sp³-hybridized carbons (Fsp3) is 1.00. The molecule has 4 heteroatoms. The molecule has 2 aliphatic rings. The summed E-state index contributed by atoms with van der Waals surface area (Å²) in [4.78, 5) is 2.68. The number of halogens is 2. The largest absolute Gasteiger partial charge is 0.317 e. The van der Waals surface area contributed by atoms with Gasteiger partial charge in [-0.15, -0.1) is 24.8 Å². The highest BCUT2D eigenvalue weighted by Crippen LogP contribution is 2.17. The lowest BCUT2D eigenvalue weighted by Crippen LogP contribution is -2.41. The van der Waals surface area contributed by atoms with Gasteiger partial charge < -0.3 is 10.2 Å². The minimum absolute atomic E-state index is 0. The Morgan fingerprint density at radius 1 is 0.923 bits per heavy atom. The molecule has 0 radical (unpaired) electrons. The van der Waals surface area contributed by atoms with E-state index in [1.54, 1.807) is 0 Å². The van der Waals surface area contributed by atoms with Crippen LogP contribution in [0.15, 0.2) is 0 Å². The van der Waals surface area contributed by atoms with Gasteiger partial charge in [-0.25, -0.2) is 0 Å². The lowest BCUT2D eigenvalue weighted by molar-refractivity contribution is 0.199. The second-order valence-electron chi connectivity index (χ2n) is 3.72. The summed E-state index contributed by atoms with van der Waals surface area (Å²) in [6.45, 7) is 5.21. The van der Waals surface area contributed by atoms with Crippen LogP contribution in [0.1, 0.15) is 25.7 Å². The first-order chi connectivity index (χ1) is 5.47. The standard InChI is InChI=1S/C9H18N2.2ClH/c1-2-8-11(7-1)9-3-5-10-6-4-9;;/h9-10H,1-8H2;2*1H. The first-order valence-electron chi connectivity index (χ1n) is 4.91. The molecule has 0 amide bonds. The maximum atomic E-state index is 3.41. The molecule has 2 aliphatic heterocycles. The average Bonchev–Trinajstić information content (AvgIpc) is 2.58. The summed E-state index contributed by atoms with van der Waals surface area (Å²) >= 11 is 0. The quantitative estimate of drug-likeness (QED) is 0.733. The highest BCUT2D eigenvalue weighted by Gasteiger charge is 2.22. The van der Waals surface area contributed by atoms with E-state index in [2.05, 4.69) is 10.2 Å². The van der Waals surface area contributed by atoms with Crippen molar-refractivity contribution in [1.29, 1.82) is 0 Å². The summed E-state index contributed by atoms with van der Waals surface area (Å²) in [5.74, 6) is 0. The molecular weight excluding hydrogens is 207 g/mol. The Hall–Kier alpha value is 0.500. The number of piperidine rings is 1. The van der Waals surface area contributed by atoms with Gasteiger partial charge in [-0.05, 0) is 51.9 Å². The normalized spacial score (nSPS) is 24.9. The minimum atomic E-state index is 0. The second kappa shape index (κ2) is 6.88. The molecule has 0 atom stereocenters. The zero-order valence-corrected chi connectivity index (χ0v) is 9.63. The van der Waals surface area contributed by atoms with Gasteiger partial charge >= 0.3 is 0 Å². The average molecular weight is 227 g/mol. The van der Waals surface area contributed by atoms with Crippen molar-refractivity contribution in [1.82, 2.24) is 10.2 Å². The van der Waals surface area contributed by atoms with E-state index in [-0.39, 0.29) is 24.8 Å². The number of hydrogen-bond donors (Lipinski definition) is 1. The van der Waals surface area contributed by atoms with Crippen LogP contribution in [0.5, 0.6) is 0 Å². The molecule has 1 N–H and O–H groups in total. The number of nitrogens with zero attached hydrogens (tertiary/aromatic N) is 1. The van der Waals surface area contributed by atoms with E-state index in [1.165, 1.54) is 51.9 Å². The molecule has 0 aliphatic carbocycles. The van der Waals surface area contributed by atoms with Crippen LogP contribution in [0, 0.1) is 0 Å². The molecule has 2 fully saturated rings. The maximum Gasteiger partial charge on any atom is 0.0119 e. The molecule has 2 nitrogen and oxygen atoms in total. The number of rotatable bonds is 1. The molecule has 0 aromatic heterocycles. The molecule has 2 rings (SSSR count). The van der Waals surface area contributed by atoms with E-state index in [0.29, 0.717) is 0 Å². The fourth-order valence-corrected chi connectivity index (χ4v) is 2.28. The fourth-order valence-electron chi connectivity index (χ4n) is 2.28. The molecular formula is C9H20Cl2N2. The molecule has 0 spiro atoms. The van der Waals surface area contributed by atoms with Crippen LogP contribution in [0.4, 0.5) is 0 Å². The molecule has 13 heavy (non-hydrogen) atoms. The smallest absolute Gasteiger partial charge is 0.0119 e. The van der Waals surface area contributed by atoms with Gasteiger partial charge in [0.05, 0.1) is 0 Å². The highest BCUT2D eigenvalue weighted by atomic mass is 35.5. The van der Waals surface area contributed by atoms with E-state index in [1.807, 2.05) is 0 Å². The Morgan fingerprint density at radius 3 is 2.00 bits per heavy atom. The minimum Gasteiger partial charge on any atom is -0.317 e. The summed E-state index contributed by atoms with van der Waals surface area (Å²) in [5.41, 5.74) is 0. The van der Waals surface area contributed by atoms with Crippen molar-refractivity contribution in [2.75, 3.05) is 26.2 Å². The highest BCUT2D eigenvalue weighted by molar-refractivity contribution is 5.85. The van der Waals surface area contributed by atoms with Gasteiger partial charge in [0.2, 0.25) is 0 Å². The summed E-state index contributed by atoms with van der Waals surface area (Å²) in [6, 6.07) is 0.916. The van der Waals surface area contributed by atoms with Gasteiger partial charge in [0.15, 0.2) is 0 Å². The summed E-state index contributed by atoms with van der Waals surface area (Å²) in [5, 5.41) is 3.41. The third-order valence-electron chi connectivity index (χ3n) is 2.97. The van der Waals surface area contributed by atoms with Crippen molar-refractivity contribution < 1.29 is 0 Å². The molecule has 0 bridgehead atoms. The van der Waals surface area contributed by atoms with E-state index >= 15 is 0 Å². The van der Waals surface area contributed by atoms with Gasteiger partial charge in [0.25, 0.3) is 0 Å². The van der Waals surface area contributed by atoms with Crippen molar-refractivity contribution >= 4 is 24.8 Å². The van der Waals surface area contributed by atoms with Crippen molar-refractivity contribution in [3.63, 3.8) is 0 Å². The maximum absolute atomic E-state index is 3.41. The third kappa shape index (κ3) is 3.62. The zero-order chi connectivity index (χ0) is 7.52. The van der Waals surface area contributed by atoms with Crippen LogP contribution in [0.2, 0.25) is 0 Å². The van der Waals surface area contributed by atoms with Crippen LogP contribution in [-0.4, -0.2) is 37.1 Å². The van der Waals surface area contributed by atoms with Gasteiger partial charge in [0.1, 0.15) is 0 Å². The van der Waals surface area contributed by atoms with Crippen LogP contribution in [-0.2, 0) is 0 Å². The molecule has 2 heterocycles. The van der Waals surface area contributed by atoms with Crippen molar-refractivity contribution in [2.45, 2.75) is 31.7 Å². The first kappa shape index (κ1) is 13.5. The van der Waals surface area contributed by atoms with Crippen LogP contribution in [0.25, 0.3) is 0 Å². The predicted molar refractivity (Wildman–Crippen MR) is 61.2 cm³/mol. The van der Waals surface area contributed by atoms with Crippen molar-refractivity contribution in [3.05, 3.63) is 0 Å². The molecule has 0 saturated carbocycles. The Bertz CT molecular complexity index is 121. The summed E-state index contributed by atoms with van der Waals surface area (Å²) < 4.78 is 0. The number of nitrogens with one attached hydrogen (secondary N) is 1. The Labute approximate surface area is 93.3 Å². The van der Waals surface area contributed by atoms with E-state index < -0.39 is 0 Å². The summed E-state index contributed by atoms with van der Waals surface area (Å²) in [6.07, 6.45) is 5.62.